The van der Waals surface area contributed by atoms with Crippen LogP contribution >= 0.6 is 0 Å². The summed E-state index contributed by atoms with van der Waals surface area (Å²) in [6.07, 6.45) is -3.00. The number of rotatable bonds is 9. The summed E-state index contributed by atoms with van der Waals surface area (Å²) in [5.41, 5.74) is 0. The molecule has 0 unspecified atom stereocenters. The van der Waals surface area contributed by atoms with Crippen LogP contribution in [0, 0.1) is 0 Å². The van der Waals surface area contributed by atoms with Crippen molar-refractivity contribution in [3.05, 3.63) is 0 Å². The fraction of sp³-hybridized carbons (Fsp3) is 0.818. The van der Waals surface area contributed by atoms with E-state index in [1.165, 1.54) is 0 Å². The summed E-state index contributed by atoms with van der Waals surface area (Å²) in [6, 6.07) is -1.31. The van der Waals surface area contributed by atoms with Crippen molar-refractivity contribution in [2.45, 2.75) is 50.5 Å². The molecule has 0 aromatic heterocycles. The molecule has 0 aliphatic rings. The monoisotopic (exact) mass is 263 g/mol. The smallest absolute Gasteiger partial charge is 0.220 e. The molecular weight excluding hydrogens is 242 g/mol. The SMILES string of the molecule is CCCCC(=O)N[C@@H](C=O)[C@@H](O)[C@H](O)[C@H](O)CO. The molecule has 0 saturated carbocycles. The zero-order chi connectivity index (χ0) is 14.1. The Labute approximate surface area is 105 Å². The zero-order valence-electron chi connectivity index (χ0n) is 10.3. The van der Waals surface area contributed by atoms with Crippen molar-refractivity contribution in [3.8, 4) is 0 Å². The second-order valence-corrected chi connectivity index (χ2v) is 4.06. The number of aliphatic hydroxyl groups is 4. The summed E-state index contributed by atoms with van der Waals surface area (Å²) in [5.74, 6) is -0.418. The summed E-state index contributed by atoms with van der Waals surface area (Å²) in [4.78, 5) is 22.1. The molecule has 0 saturated heterocycles. The van der Waals surface area contributed by atoms with Crippen LogP contribution in [-0.4, -0.2) is 63.6 Å². The van der Waals surface area contributed by atoms with Gasteiger partial charge in [-0.05, 0) is 6.42 Å². The largest absolute Gasteiger partial charge is 0.394 e. The summed E-state index contributed by atoms with van der Waals surface area (Å²) in [6.45, 7) is 1.15. The molecule has 0 heterocycles. The Kier molecular flexibility index (Phi) is 8.47. The van der Waals surface area contributed by atoms with Gasteiger partial charge in [-0.15, -0.1) is 0 Å². The van der Waals surface area contributed by atoms with Crippen LogP contribution in [0.25, 0.3) is 0 Å². The minimum atomic E-state index is -1.71. The Balaban J connectivity index is 4.39. The van der Waals surface area contributed by atoms with Crippen LogP contribution in [0.15, 0.2) is 0 Å². The van der Waals surface area contributed by atoms with Crippen LogP contribution in [0.1, 0.15) is 26.2 Å². The standard InChI is InChI=1S/C11H21NO6/c1-2-3-4-9(16)12-7(5-13)10(17)11(18)8(15)6-14/h5,7-8,10-11,14-15,17-18H,2-4,6H2,1H3,(H,12,16)/t7-,8+,10+,11+/m0/s1. The topological polar surface area (TPSA) is 127 Å². The third-order valence-corrected chi connectivity index (χ3v) is 2.53. The highest BCUT2D eigenvalue weighted by Gasteiger charge is 2.31. The number of aldehydes is 1. The second-order valence-electron chi connectivity index (χ2n) is 4.06. The third-order valence-electron chi connectivity index (χ3n) is 2.53. The maximum Gasteiger partial charge on any atom is 0.220 e. The first-order valence-electron chi connectivity index (χ1n) is 5.87. The van der Waals surface area contributed by atoms with Gasteiger partial charge in [0.1, 0.15) is 30.6 Å². The van der Waals surface area contributed by atoms with Gasteiger partial charge in [0.05, 0.1) is 6.61 Å². The van der Waals surface area contributed by atoms with Gasteiger partial charge in [0.15, 0.2) is 0 Å². The van der Waals surface area contributed by atoms with Crippen molar-refractivity contribution in [1.29, 1.82) is 0 Å². The minimum Gasteiger partial charge on any atom is -0.394 e. The Hall–Kier alpha value is -1.02. The Morgan fingerprint density at radius 3 is 2.33 bits per heavy atom. The summed E-state index contributed by atoms with van der Waals surface area (Å²) >= 11 is 0. The van der Waals surface area contributed by atoms with Crippen molar-refractivity contribution in [1.82, 2.24) is 5.32 Å². The van der Waals surface area contributed by atoms with Gasteiger partial charge in [-0.25, -0.2) is 0 Å². The number of unbranched alkanes of at least 4 members (excludes halogenated alkanes) is 1. The molecule has 0 bridgehead atoms. The van der Waals surface area contributed by atoms with Gasteiger partial charge in [-0.1, -0.05) is 13.3 Å². The molecule has 0 spiro atoms. The van der Waals surface area contributed by atoms with E-state index in [9.17, 15) is 19.8 Å². The van der Waals surface area contributed by atoms with Gasteiger partial charge in [0.2, 0.25) is 5.91 Å². The summed E-state index contributed by atoms with van der Waals surface area (Å²) < 4.78 is 0. The van der Waals surface area contributed by atoms with Crippen molar-refractivity contribution >= 4 is 12.2 Å². The van der Waals surface area contributed by atoms with E-state index in [4.69, 9.17) is 10.2 Å². The van der Waals surface area contributed by atoms with Crippen molar-refractivity contribution in [2.24, 2.45) is 0 Å². The van der Waals surface area contributed by atoms with Crippen LogP contribution in [0.3, 0.4) is 0 Å². The van der Waals surface area contributed by atoms with Gasteiger partial charge in [0, 0.05) is 6.42 Å². The number of nitrogens with one attached hydrogen (secondary N) is 1. The number of carbonyl (C=O) groups excluding carboxylic acids is 2. The summed E-state index contributed by atoms with van der Waals surface area (Å²) in [7, 11) is 0. The fourth-order valence-corrected chi connectivity index (χ4v) is 1.34. The van der Waals surface area contributed by atoms with Gasteiger partial charge < -0.3 is 30.5 Å². The van der Waals surface area contributed by atoms with Gasteiger partial charge in [-0.2, -0.15) is 0 Å². The highest BCUT2D eigenvalue weighted by atomic mass is 16.4. The Morgan fingerprint density at radius 2 is 1.89 bits per heavy atom. The molecule has 0 aliphatic heterocycles. The lowest BCUT2D eigenvalue weighted by Crippen LogP contribution is -2.53. The first kappa shape index (κ1) is 17.0. The van der Waals surface area contributed by atoms with E-state index < -0.39 is 36.9 Å². The van der Waals surface area contributed by atoms with E-state index in [-0.39, 0.29) is 12.7 Å². The minimum absolute atomic E-state index is 0.214. The number of aliphatic hydroxyl groups excluding tert-OH is 4. The Bertz CT molecular complexity index is 260. The lowest BCUT2D eigenvalue weighted by molar-refractivity contribution is -0.131. The first-order chi connectivity index (χ1) is 8.47. The third kappa shape index (κ3) is 5.54. The van der Waals surface area contributed by atoms with E-state index in [0.717, 1.165) is 6.42 Å². The molecule has 4 atom stereocenters. The fourth-order valence-electron chi connectivity index (χ4n) is 1.34. The highest BCUT2D eigenvalue weighted by molar-refractivity contribution is 5.79. The second kappa shape index (κ2) is 8.98. The lowest BCUT2D eigenvalue weighted by atomic mass is 10.0. The number of hydrogen-bond acceptors (Lipinski definition) is 6. The zero-order valence-corrected chi connectivity index (χ0v) is 10.3. The molecule has 7 heteroatoms. The predicted molar refractivity (Wildman–Crippen MR) is 62.6 cm³/mol. The number of hydrogen-bond donors (Lipinski definition) is 5. The van der Waals surface area contributed by atoms with Crippen molar-refractivity contribution in [3.63, 3.8) is 0 Å². The molecule has 106 valence electrons. The van der Waals surface area contributed by atoms with Crippen LogP contribution in [0.4, 0.5) is 0 Å². The summed E-state index contributed by atoms with van der Waals surface area (Å²) in [5, 5.41) is 39.0. The maximum absolute atomic E-state index is 11.4. The van der Waals surface area contributed by atoms with Crippen LogP contribution < -0.4 is 5.32 Å². The average Bonchev–Trinajstić information content (AvgIpc) is 2.39. The molecule has 0 radical (unpaired) electrons. The molecule has 5 N–H and O–H groups in total. The van der Waals surface area contributed by atoms with E-state index in [1.54, 1.807) is 0 Å². The lowest BCUT2D eigenvalue weighted by Gasteiger charge is -2.26. The molecular formula is C11H21NO6. The quantitative estimate of drug-likeness (QED) is 0.304. The van der Waals surface area contributed by atoms with Gasteiger partial charge >= 0.3 is 0 Å². The molecule has 18 heavy (non-hydrogen) atoms. The van der Waals surface area contributed by atoms with Crippen LogP contribution in [0.5, 0.6) is 0 Å². The molecule has 0 aromatic rings. The molecule has 0 aromatic carbocycles. The first-order valence-corrected chi connectivity index (χ1v) is 5.87. The van der Waals surface area contributed by atoms with Gasteiger partial charge in [0.25, 0.3) is 0 Å². The number of amides is 1. The van der Waals surface area contributed by atoms with E-state index in [0.29, 0.717) is 6.42 Å². The predicted octanol–water partition coefficient (Wildman–Crippen LogP) is -2.06. The van der Waals surface area contributed by atoms with Crippen molar-refractivity contribution in [2.75, 3.05) is 6.61 Å². The van der Waals surface area contributed by atoms with Crippen molar-refractivity contribution < 1.29 is 30.0 Å². The molecule has 0 aliphatic carbocycles. The molecule has 1 amide bonds. The Morgan fingerprint density at radius 1 is 1.28 bits per heavy atom. The normalized spacial score (nSPS) is 17.6. The van der Waals surface area contributed by atoms with E-state index >= 15 is 0 Å². The van der Waals surface area contributed by atoms with Crippen LogP contribution in [0.2, 0.25) is 0 Å². The van der Waals surface area contributed by atoms with Crippen LogP contribution in [-0.2, 0) is 9.59 Å². The number of carbonyl (C=O) groups is 2. The molecule has 0 rings (SSSR count). The van der Waals surface area contributed by atoms with E-state index in [2.05, 4.69) is 5.32 Å². The molecule has 0 fully saturated rings. The molecule has 7 nitrogen and oxygen atoms in total. The highest BCUT2D eigenvalue weighted by Crippen LogP contribution is 2.04. The maximum atomic E-state index is 11.4. The van der Waals surface area contributed by atoms with Gasteiger partial charge in [-0.3, -0.25) is 4.79 Å². The van der Waals surface area contributed by atoms with E-state index in [1.807, 2.05) is 6.92 Å². The average molecular weight is 263 g/mol.